The van der Waals surface area contributed by atoms with E-state index in [1.807, 2.05) is 55.5 Å². The van der Waals surface area contributed by atoms with Crippen molar-refractivity contribution in [3.05, 3.63) is 100 Å². The van der Waals surface area contributed by atoms with Crippen LogP contribution in [-0.2, 0) is 5.75 Å². The van der Waals surface area contributed by atoms with E-state index in [4.69, 9.17) is 11.6 Å². The smallest absolute Gasteiger partial charge is 0.251 e. The van der Waals surface area contributed by atoms with Crippen molar-refractivity contribution >= 4 is 29.3 Å². The van der Waals surface area contributed by atoms with Crippen LogP contribution < -0.4 is 5.32 Å². The van der Waals surface area contributed by atoms with E-state index >= 15 is 0 Å². The second-order valence-electron chi connectivity index (χ2n) is 6.55. The Balaban J connectivity index is 1.56. The minimum Gasteiger partial charge on any atom is -0.346 e. The van der Waals surface area contributed by atoms with E-state index in [1.165, 1.54) is 16.0 Å². The fourth-order valence-electron chi connectivity index (χ4n) is 2.67. The van der Waals surface area contributed by atoms with Crippen molar-refractivity contribution in [3.63, 3.8) is 0 Å². The first-order valence-corrected chi connectivity index (χ1v) is 10.2. The molecular formula is C23H22ClNOS. The monoisotopic (exact) mass is 395 g/mol. The number of amides is 1. The first-order valence-electron chi connectivity index (χ1n) is 8.86. The summed E-state index contributed by atoms with van der Waals surface area (Å²) in [6.07, 6.45) is 0. The summed E-state index contributed by atoms with van der Waals surface area (Å²) in [6.45, 7) is 4.06. The van der Waals surface area contributed by atoms with Gasteiger partial charge in [-0.2, -0.15) is 0 Å². The minimum atomic E-state index is -0.0556. The molecule has 0 aromatic heterocycles. The van der Waals surface area contributed by atoms with Gasteiger partial charge in [-0.3, -0.25) is 4.79 Å². The van der Waals surface area contributed by atoms with Gasteiger partial charge in [0, 0.05) is 21.2 Å². The Morgan fingerprint density at radius 1 is 0.963 bits per heavy atom. The van der Waals surface area contributed by atoms with Gasteiger partial charge in [0.25, 0.3) is 5.91 Å². The number of hydrogen-bond acceptors (Lipinski definition) is 2. The van der Waals surface area contributed by atoms with Crippen LogP contribution >= 0.6 is 23.4 Å². The maximum Gasteiger partial charge on any atom is 0.251 e. The lowest BCUT2D eigenvalue weighted by Crippen LogP contribution is -2.26. The van der Waals surface area contributed by atoms with Crippen LogP contribution in [0.3, 0.4) is 0 Å². The Morgan fingerprint density at radius 2 is 1.59 bits per heavy atom. The lowest BCUT2D eigenvalue weighted by atomic mass is 10.1. The van der Waals surface area contributed by atoms with Gasteiger partial charge in [-0.05, 0) is 61.4 Å². The molecule has 0 heterocycles. The van der Waals surface area contributed by atoms with Gasteiger partial charge >= 0.3 is 0 Å². The van der Waals surface area contributed by atoms with Crippen LogP contribution in [0.15, 0.2) is 77.7 Å². The molecule has 0 aliphatic rings. The Kier molecular flexibility index (Phi) is 6.59. The van der Waals surface area contributed by atoms with Crippen LogP contribution in [0.4, 0.5) is 0 Å². The average Bonchev–Trinajstić information content (AvgIpc) is 2.68. The maximum atomic E-state index is 12.5. The Morgan fingerprint density at radius 3 is 2.22 bits per heavy atom. The fourth-order valence-corrected chi connectivity index (χ4v) is 3.65. The predicted octanol–water partition coefficient (Wildman–Crippen LogP) is 6.43. The molecule has 0 aliphatic carbocycles. The number of rotatable bonds is 6. The fraction of sp³-hybridized carbons (Fsp3) is 0.174. The van der Waals surface area contributed by atoms with Gasteiger partial charge in [0.2, 0.25) is 0 Å². The van der Waals surface area contributed by atoms with Crippen molar-refractivity contribution in [1.82, 2.24) is 5.32 Å². The van der Waals surface area contributed by atoms with E-state index in [0.29, 0.717) is 5.56 Å². The summed E-state index contributed by atoms with van der Waals surface area (Å²) in [7, 11) is 0. The second-order valence-corrected chi connectivity index (χ2v) is 8.03. The zero-order valence-corrected chi connectivity index (χ0v) is 17.0. The number of halogens is 1. The normalized spacial score (nSPS) is 11.8. The molecule has 1 N–H and O–H groups in total. The van der Waals surface area contributed by atoms with Crippen LogP contribution in [0.25, 0.3) is 0 Å². The van der Waals surface area contributed by atoms with E-state index in [1.54, 1.807) is 11.8 Å². The molecule has 0 fully saturated rings. The molecule has 3 aromatic carbocycles. The van der Waals surface area contributed by atoms with Crippen LogP contribution in [0.5, 0.6) is 0 Å². The molecule has 4 heteroatoms. The Bertz CT molecular complexity index is 889. The third-order valence-electron chi connectivity index (χ3n) is 4.36. The SMILES string of the molecule is Cc1ccc(C(C)NC(=O)c2ccc(CSc3ccc(Cl)cc3)cc2)cc1. The van der Waals surface area contributed by atoms with Gasteiger partial charge in [0.1, 0.15) is 0 Å². The molecule has 0 bridgehead atoms. The lowest BCUT2D eigenvalue weighted by Gasteiger charge is -2.15. The number of carbonyl (C=O) groups is 1. The topological polar surface area (TPSA) is 29.1 Å². The van der Waals surface area contributed by atoms with Crippen LogP contribution in [0.2, 0.25) is 5.02 Å². The summed E-state index contributed by atoms with van der Waals surface area (Å²) >= 11 is 7.66. The second kappa shape index (κ2) is 9.12. The summed E-state index contributed by atoms with van der Waals surface area (Å²) < 4.78 is 0. The van der Waals surface area contributed by atoms with Crippen LogP contribution in [0.1, 0.15) is 40.0 Å². The van der Waals surface area contributed by atoms with Crippen LogP contribution in [0, 0.1) is 6.92 Å². The van der Waals surface area contributed by atoms with Crippen molar-refractivity contribution in [2.45, 2.75) is 30.5 Å². The van der Waals surface area contributed by atoms with Gasteiger partial charge in [-0.25, -0.2) is 0 Å². The molecule has 0 saturated carbocycles. The minimum absolute atomic E-state index is 0.0294. The van der Waals surface area contributed by atoms with Crippen molar-refractivity contribution in [2.75, 3.05) is 0 Å². The Hall–Kier alpha value is -2.23. The van der Waals surface area contributed by atoms with E-state index in [9.17, 15) is 4.79 Å². The van der Waals surface area contributed by atoms with Gasteiger partial charge < -0.3 is 5.32 Å². The number of carbonyl (C=O) groups excluding carboxylic acids is 1. The molecule has 1 atom stereocenters. The molecular weight excluding hydrogens is 374 g/mol. The standard InChI is InChI=1S/C23H22ClNOS/c1-16-3-7-19(8-4-16)17(2)25-23(26)20-9-5-18(6-10-20)15-27-22-13-11-21(24)12-14-22/h3-14,17H,15H2,1-2H3,(H,25,26). The zero-order chi connectivity index (χ0) is 19.2. The molecule has 1 amide bonds. The summed E-state index contributed by atoms with van der Waals surface area (Å²) in [5.41, 5.74) is 4.17. The highest BCUT2D eigenvalue weighted by Crippen LogP contribution is 2.24. The van der Waals surface area contributed by atoms with E-state index in [0.717, 1.165) is 16.3 Å². The highest BCUT2D eigenvalue weighted by atomic mass is 35.5. The molecule has 3 aromatic rings. The number of nitrogens with one attached hydrogen (secondary N) is 1. The van der Waals surface area contributed by atoms with Gasteiger partial charge in [0.05, 0.1) is 6.04 Å². The molecule has 138 valence electrons. The molecule has 0 spiro atoms. The number of benzene rings is 3. The predicted molar refractivity (Wildman–Crippen MR) is 115 cm³/mol. The molecule has 27 heavy (non-hydrogen) atoms. The summed E-state index contributed by atoms with van der Waals surface area (Å²) in [6, 6.07) is 23.8. The quantitative estimate of drug-likeness (QED) is 0.487. The molecule has 3 rings (SSSR count). The first-order chi connectivity index (χ1) is 13.0. The van der Waals surface area contributed by atoms with E-state index in [-0.39, 0.29) is 11.9 Å². The highest BCUT2D eigenvalue weighted by Gasteiger charge is 2.11. The van der Waals surface area contributed by atoms with Gasteiger partial charge in [-0.1, -0.05) is 53.6 Å². The lowest BCUT2D eigenvalue weighted by molar-refractivity contribution is 0.0940. The van der Waals surface area contributed by atoms with Gasteiger partial charge in [0.15, 0.2) is 0 Å². The van der Waals surface area contributed by atoms with Crippen molar-refractivity contribution in [1.29, 1.82) is 0 Å². The summed E-state index contributed by atoms with van der Waals surface area (Å²) in [4.78, 5) is 13.7. The van der Waals surface area contributed by atoms with Gasteiger partial charge in [-0.15, -0.1) is 11.8 Å². The number of thioether (sulfide) groups is 1. The largest absolute Gasteiger partial charge is 0.346 e. The van der Waals surface area contributed by atoms with Crippen molar-refractivity contribution in [3.8, 4) is 0 Å². The van der Waals surface area contributed by atoms with Crippen molar-refractivity contribution in [2.24, 2.45) is 0 Å². The maximum absolute atomic E-state index is 12.5. The summed E-state index contributed by atoms with van der Waals surface area (Å²) in [5, 5.41) is 3.80. The molecule has 2 nitrogen and oxygen atoms in total. The van der Waals surface area contributed by atoms with E-state index < -0.39 is 0 Å². The van der Waals surface area contributed by atoms with E-state index in [2.05, 4.69) is 36.5 Å². The highest BCUT2D eigenvalue weighted by molar-refractivity contribution is 7.98. The van der Waals surface area contributed by atoms with Crippen molar-refractivity contribution < 1.29 is 4.79 Å². The first kappa shape index (κ1) is 19.5. The average molecular weight is 396 g/mol. The molecule has 0 aliphatic heterocycles. The molecule has 0 radical (unpaired) electrons. The van der Waals surface area contributed by atoms with Crippen LogP contribution in [-0.4, -0.2) is 5.91 Å². The third-order valence-corrected chi connectivity index (χ3v) is 5.70. The Labute approximate surface area is 170 Å². The summed E-state index contributed by atoms with van der Waals surface area (Å²) in [5.74, 6) is 0.795. The third kappa shape index (κ3) is 5.62. The number of aryl methyl sites for hydroxylation is 1. The molecule has 1 unspecified atom stereocenters. The molecule has 0 saturated heterocycles. The number of hydrogen-bond donors (Lipinski definition) is 1. The zero-order valence-electron chi connectivity index (χ0n) is 15.4.